The molecule has 0 radical (unpaired) electrons. The quantitative estimate of drug-likeness (QED) is 0.422. The number of fused-ring (bicyclic) bond motifs is 2. The number of amides is 1. The molecule has 1 amide bonds. The maximum absolute atomic E-state index is 12.9. The largest absolute Gasteiger partial charge is 0.489 e. The van der Waals surface area contributed by atoms with E-state index in [1.165, 1.54) is 11.9 Å². The Balaban J connectivity index is 1.40. The standard InChI is InChI=1S/C26H23N7O2/c1-16-7-3-4-8-18(16)14-35-21-10-6-5-9-19(21)20-13-24(34)28-26-25(20)17(2)30-33(26)23-12-11-22-29-27-15-32(22)31-23/h3-12,15,20H,13-14H2,1-2H3,(H,28,34)/t20-/m0/s1. The lowest BCUT2D eigenvalue weighted by Crippen LogP contribution is -2.25. The number of aromatic nitrogens is 6. The highest BCUT2D eigenvalue weighted by Crippen LogP contribution is 2.43. The third kappa shape index (κ3) is 3.71. The minimum Gasteiger partial charge on any atom is -0.489 e. The zero-order valence-corrected chi connectivity index (χ0v) is 19.3. The normalized spacial score (nSPS) is 15.1. The molecule has 174 valence electrons. The van der Waals surface area contributed by atoms with Gasteiger partial charge < -0.3 is 10.1 Å². The second-order valence-electron chi connectivity index (χ2n) is 8.64. The van der Waals surface area contributed by atoms with E-state index >= 15 is 0 Å². The molecule has 1 aliphatic heterocycles. The average Bonchev–Trinajstić information content (AvgIpc) is 3.47. The van der Waals surface area contributed by atoms with Gasteiger partial charge in [0.15, 0.2) is 11.5 Å². The molecule has 9 nitrogen and oxygen atoms in total. The first-order valence-corrected chi connectivity index (χ1v) is 11.4. The smallest absolute Gasteiger partial charge is 0.226 e. The van der Waals surface area contributed by atoms with E-state index in [2.05, 4.69) is 39.7 Å². The van der Waals surface area contributed by atoms with Gasteiger partial charge in [0.2, 0.25) is 5.91 Å². The molecular formula is C26H23N7O2. The zero-order valence-electron chi connectivity index (χ0n) is 19.3. The molecule has 4 heterocycles. The number of carbonyl (C=O) groups excluding carboxylic acids is 1. The van der Waals surface area contributed by atoms with Gasteiger partial charge in [-0.05, 0) is 43.2 Å². The highest BCUT2D eigenvalue weighted by molar-refractivity contribution is 5.95. The second kappa shape index (κ2) is 8.35. The Bertz CT molecular complexity index is 1570. The molecule has 0 saturated heterocycles. The van der Waals surface area contributed by atoms with Crippen LogP contribution in [-0.2, 0) is 11.4 Å². The van der Waals surface area contributed by atoms with Crippen LogP contribution in [0.1, 0.15) is 40.3 Å². The molecule has 0 fully saturated rings. The second-order valence-corrected chi connectivity index (χ2v) is 8.64. The number of anilines is 1. The van der Waals surface area contributed by atoms with E-state index in [-0.39, 0.29) is 11.8 Å². The topological polar surface area (TPSA) is 99.2 Å². The number of nitrogens with one attached hydrogen (secondary N) is 1. The van der Waals surface area contributed by atoms with Crippen LogP contribution in [0.25, 0.3) is 11.5 Å². The highest BCUT2D eigenvalue weighted by Gasteiger charge is 2.34. The van der Waals surface area contributed by atoms with Crippen LogP contribution in [0, 0.1) is 13.8 Å². The predicted molar refractivity (Wildman–Crippen MR) is 130 cm³/mol. The van der Waals surface area contributed by atoms with Crippen molar-refractivity contribution in [2.45, 2.75) is 32.8 Å². The van der Waals surface area contributed by atoms with Gasteiger partial charge in [-0.1, -0.05) is 42.5 Å². The molecule has 0 aliphatic carbocycles. The molecule has 3 aromatic heterocycles. The van der Waals surface area contributed by atoms with E-state index in [4.69, 9.17) is 9.84 Å². The van der Waals surface area contributed by atoms with Crippen molar-refractivity contribution in [1.82, 2.24) is 29.6 Å². The third-order valence-electron chi connectivity index (χ3n) is 6.41. The van der Waals surface area contributed by atoms with E-state index in [1.807, 2.05) is 55.5 Å². The Morgan fingerprint density at radius 2 is 1.86 bits per heavy atom. The van der Waals surface area contributed by atoms with Crippen LogP contribution in [0.2, 0.25) is 0 Å². The summed E-state index contributed by atoms with van der Waals surface area (Å²) in [6.45, 7) is 4.48. The average molecular weight is 466 g/mol. The summed E-state index contributed by atoms with van der Waals surface area (Å²) in [5.41, 5.74) is 5.68. The van der Waals surface area contributed by atoms with E-state index < -0.39 is 0 Å². The molecule has 1 atom stereocenters. The number of hydrogen-bond acceptors (Lipinski definition) is 6. The van der Waals surface area contributed by atoms with Gasteiger partial charge in [0.1, 0.15) is 24.5 Å². The molecular weight excluding hydrogens is 442 g/mol. The summed E-state index contributed by atoms with van der Waals surface area (Å²) in [5, 5.41) is 20.2. The summed E-state index contributed by atoms with van der Waals surface area (Å²) in [6.07, 6.45) is 1.84. The molecule has 5 aromatic rings. The van der Waals surface area contributed by atoms with Gasteiger partial charge in [-0.3, -0.25) is 4.79 Å². The van der Waals surface area contributed by atoms with Crippen molar-refractivity contribution < 1.29 is 9.53 Å². The van der Waals surface area contributed by atoms with Crippen molar-refractivity contribution in [3.63, 3.8) is 0 Å². The van der Waals surface area contributed by atoms with Crippen molar-refractivity contribution in [3.05, 3.63) is 94.9 Å². The van der Waals surface area contributed by atoms with Gasteiger partial charge in [0, 0.05) is 23.5 Å². The Morgan fingerprint density at radius 1 is 1.03 bits per heavy atom. The van der Waals surface area contributed by atoms with Crippen molar-refractivity contribution >= 4 is 17.4 Å². The van der Waals surface area contributed by atoms with Crippen LogP contribution < -0.4 is 10.1 Å². The Hall–Kier alpha value is -4.53. The number of hydrogen-bond donors (Lipinski definition) is 1. The van der Waals surface area contributed by atoms with Gasteiger partial charge in [-0.25, -0.2) is 0 Å². The van der Waals surface area contributed by atoms with Gasteiger partial charge in [-0.2, -0.15) is 14.3 Å². The molecule has 0 unspecified atom stereocenters. The summed E-state index contributed by atoms with van der Waals surface area (Å²) in [6, 6.07) is 19.7. The molecule has 2 aromatic carbocycles. The summed E-state index contributed by atoms with van der Waals surface area (Å²) >= 11 is 0. The SMILES string of the molecule is Cc1ccccc1COc1ccccc1[C@@H]1CC(=O)Nc2c1c(C)nn2-c1ccc2nncn2n1. The summed E-state index contributed by atoms with van der Waals surface area (Å²) < 4.78 is 9.54. The van der Waals surface area contributed by atoms with Crippen LogP contribution in [0.4, 0.5) is 5.82 Å². The zero-order chi connectivity index (χ0) is 23.9. The Kier molecular flexibility index (Phi) is 5.02. The lowest BCUT2D eigenvalue weighted by molar-refractivity contribution is -0.116. The van der Waals surface area contributed by atoms with Gasteiger partial charge in [0.05, 0.1) is 5.69 Å². The monoisotopic (exact) mass is 465 g/mol. The number of carbonyl (C=O) groups is 1. The first-order chi connectivity index (χ1) is 17.1. The van der Waals surface area contributed by atoms with Gasteiger partial charge in [0.25, 0.3) is 0 Å². The van der Waals surface area contributed by atoms with Crippen LogP contribution in [0.5, 0.6) is 5.75 Å². The predicted octanol–water partition coefficient (Wildman–Crippen LogP) is 3.98. The van der Waals surface area contributed by atoms with Gasteiger partial charge >= 0.3 is 0 Å². The summed E-state index contributed by atoms with van der Waals surface area (Å²) in [7, 11) is 0. The summed E-state index contributed by atoms with van der Waals surface area (Å²) in [5.74, 6) is 1.67. The maximum atomic E-state index is 12.9. The molecule has 1 aliphatic rings. The minimum atomic E-state index is -0.195. The number of rotatable bonds is 5. The Morgan fingerprint density at radius 3 is 2.74 bits per heavy atom. The number of nitrogens with zero attached hydrogens (tertiary/aromatic N) is 6. The lowest BCUT2D eigenvalue weighted by atomic mass is 9.85. The van der Waals surface area contributed by atoms with Crippen molar-refractivity contribution in [3.8, 4) is 11.6 Å². The maximum Gasteiger partial charge on any atom is 0.226 e. The van der Waals surface area contributed by atoms with E-state index in [0.29, 0.717) is 30.3 Å². The molecule has 0 saturated carbocycles. The van der Waals surface area contributed by atoms with Crippen molar-refractivity contribution in [2.75, 3.05) is 5.32 Å². The first-order valence-electron chi connectivity index (χ1n) is 11.4. The Labute approximate surface area is 201 Å². The fourth-order valence-corrected chi connectivity index (χ4v) is 4.64. The number of aryl methyl sites for hydroxylation is 2. The van der Waals surface area contributed by atoms with Crippen LogP contribution in [-0.4, -0.2) is 35.5 Å². The minimum absolute atomic E-state index is 0.0808. The molecule has 6 rings (SSSR count). The number of benzene rings is 2. The fourth-order valence-electron chi connectivity index (χ4n) is 4.64. The first kappa shape index (κ1) is 21.0. The number of para-hydroxylation sites is 1. The third-order valence-corrected chi connectivity index (χ3v) is 6.41. The van der Waals surface area contributed by atoms with E-state index in [0.717, 1.165) is 28.1 Å². The van der Waals surface area contributed by atoms with Crippen LogP contribution in [0.15, 0.2) is 67.0 Å². The van der Waals surface area contributed by atoms with Crippen LogP contribution >= 0.6 is 0 Å². The van der Waals surface area contributed by atoms with Gasteiger partial charge in [-0.15, -0.1) is 15.3 Å². The molecule has 35 heavy (non-hydrogen) atoms. The highest BCUT2D eigenvalue weighted by atomic mass is 16.5. The molecule has 0 bridgehead atoms. The summed E-state index contributed by atoms with van der Waals surface area (Å²) in [4.78, 5) is 12.9. The van der Waals surface area contributed by atoms with E-state index in [9.17, 15) is 4.79 Å². The molecule has 9 heteroatoms. The van der Waals surface area contributed by atoms with E-state index in [1.54, 1.807) is 9.20 Å². The molecule has 1 N–H and O–H groups in total. The van der Waals surface area contributed by atoms with Crippen molar-refractivity contribution in [2.24, 2.45) is 0 Å². The van der Waals surface area contributed by atoms with Crippen molar-refractivity contribution in [1.29, 1.82) is 0 Å². The number of ether oxygens (including phenoxy) is 1. The van der Waals surface area contributed by atoms with Crippen LogP contribution in [0.3, 0.4) is 0 Å². The molecule has 0 spiro atoms. The fraction of sp³-hybridized carbons (Fsp3) is 0.192. The lowest BCUT2D eigenvalue weighted by Gasteiger charge is -2.26.